The zero-order valence-corrected chi connectivity index (χ0v) is 33.1. The molecule has 0 amide bonds. The number of aromatic nitrogens is 5. The van der Waals surface area contributed by atoms with Crippen LogP contribution in [-0.4, -0.2) is 24.1 Å². The lowest BCUT2D eigenvalue weighted by Gasteiger charge is -2.26. The van der Waals surface area contributed by atoms with Crippen LogP contribution in [0.2, 0.25) is 0 Å². The van der Waals surface area contributed by atoms with Gasteiger partial charge in [-0.1, -0.05) is 129 Å². The number of para-hydroxylation sites is 2. The second-order valence-corrected chi connectivity index (χ2v) is 16.0. The van der Waals surface area contributed by atoms with E-state index in [2.05, 4.69) is 102 Å². The van der Waals surface area contributed by atoms with Crippen LogP contribution in [0.5, 0.6) is 0 Å². The van der Waals surface area contributed by atoms with Crippen LogP contribution in [0.4, 0.5) is 8.78 Å². The summed E-state index contributed by atoms with van der Waals surface area (Å²) in [6, 6.07) is 46.8. The van der Waals surface area contributed by atoms with Crippen molar-refractivity contribution in [2.75, 3.05) is 0 Å². The first kappa shape index (κ1) is 35.9. The van der Waals surface area contributed by atoms with E-state index in [1.54, 1.807) is 0 Å². The maximum atomic E-state index is 15.0. The van der Waals surface area contributed by atoms with E-state index in [1.165, 1.54) is 62.2 Å². The smallest absolute Gasteiger partial charge is 0.164 e. The Morgan fingerprint density at radius 3 is 1.72 bits per heavy atom. The number of benzene rings is 6. The van der Waals surface area contributed by atoms with Gasteiger partial charge in [-0.25, -0.2) is 23.7 Å². The monoisotopic (exact) mass is 783 g/mol. The molecule has 2 atom stereocenters. The molecule has 60 heavy (non-hydrogen) atoms. The van der Waals surface area contributed by atoms with Crippen molar-refractivity contribution >= 4 is 39.7 Å². The van der Waals surface area contributed by atoms with Gasteiger partial charge in [0.15, 0.2) is 17.5 Å². The van der Waals surface area contributed by atoms with Crippen molar-refractivity contribution in [3.05, 3.63) is 186 Å². The number of nitrogens with zero attached hydrogens (tertiary/aromatic N) is 5. The number of halogens is 2. The molecule has 2 aliphatic carbocycles. The van der Waals surface area contributed by atoms with Crippen molar-refractivity contribution in [3.63, 3.8) is 0 Å². The van der Waals surface area contributed by atoms with Crippen molar-refractivity contribution in [2.45, 2.75) is 38.5 Å². The van der Waals surface area contributed by atoms with E-state index in [1.807, 2.05) is 66.7 Å². The Balaban J connectivity index is 1.16. The molecule has 0 saturated heterocycles. The van der Waals surface area contributed by atoms with Crippen LogP contribution in [-0.2, 0) is 0 Å². The molecule has 0 bridgehead atoms. The topological polar surface area (TPSA) is 48.5 Å². The van der Waals surface area contributed by atoms with Gasteiger partial charge < -0.3 is 9.13 Å². The average molecular weight is 784 g/mol. The van der Waals surface area contributed by atoms with Crippen molar-refractivity contribution in [3.8, 4) is 51.0 Å². The van der Waals surface area contributed by atoms with Gasteiger partial charge in [0.2, 0.25) is 0 Å². The van der Waals surface area contributed by atoms with Gasteiger partial charge in [-0.2, -0.15) is 0 Å². The highest BCUT2D eigenvalue weighted by Crippen LogP contribution is 2.48. The summed E-state index contributed by atoms with van der Waals surface area (Å²) in [5.41, 5.74) is 12.9. The number of hydrogen-bond donors (Lipinski definition) is 0. The summed E-state index contributed by atoms with van der Waals surface area (Å²) < 4.78 is 34.9. The molecule has 0 radical (unpaired) electrons. The van der Waals surface area contributed by atoms with Crippen LogP contribution in [0.1, 0.15) is 61.0 Å². The molecule has 290 valence electrons. The van der Waals surface area contributed by atoms with E-state index >= 15 is 0 Å². The van der Waals surface area contributed by atoms with Crippen LogP contribution in [0, 0.1) is 11.6 Å². The van der Waals surface area contributed by atoms with Crippen molar-refractivity contribution in [2.24, 2.45) is 0 Å². The van der Waals surface area contributed by atoms with Crippen LogP contribution in [0.25, 0.3) is 90.6 Å². The summed E-state index contributed by atoms with van der Waals surface area (Å²) in [6.45, 7) is 4.62. The predicted molar refractivity (Wildman–Crippen MR) is 240 cm³/mol. The van der Waals surface area contributed by atoms with E-state index in [0.29, 0.717) is 34.2 Å². The first-order valence-corrected chi connectivity index (χ1v) is 20.5. The van der Waals surface area contributed by atoms with Crippen LogP contribution < -0.4 is 0 Å². The Hall–Kier alpha value is -7.25. The molecule has 0 spiro atoms. The third kappa shape index (κ3) is 5.91. The minimum absolute atomic E-state index is 0.151. The minimum atomic E-state index is -0.653. The molecule has 0 saturated carbocycles. The highest BCUT2D eigenvalue weighted by atomic mass is 19.1. The molecule has 0 N–H and O–H groups in total. The Kier molecular flexibility index (Phi) is 8.51. The number of hydrogen-bond acceptors (Lipinski definition) is 3. The SMILES string of the molecule is CC1CC=Cc2c3c(n(-c4ccc(-c5cc(F)cc(F)c5)c(-c5nc(-c6ccccc6)nc(-c6ccccc6)n5)c4)c21)C(C)CC(n1c2ccccc2c2ccccc21)=C3. The number of fused-ring (bicyclic) bond motifs is 6. The van der Waals surface area contributed by atoms with Crippen LogP contribution >= 0.6 is 0 Å². The fourth-order valence-corrected chi connectivity index (χ4v) is 9.50. The van der Waals surface area contributed by atoms with Gasteiger partial charge in [-0.15, -0.1) is 0 Å². The first-order chi connectivity index (χ1) is 29.4. The van der Waals surface area contributed by atoms with Crippen LogP contribution in [0.15, 0.2) is 152 Å². The molecule has 6 aromatic carbocycles. The molecule has 11 rings (SSSR count). The van der Waals surface area contributed by atoms with Crippen molar-refractivity contribution < 1.29 is 8.78 Å². The molecular formula is C53H39F2N5. The van der Waals surface area contributed by atoms with Gasteiger partial charge in [-0.05, 0) is 66.4 Å². The van der Waals surface area contributed by atoms with E-state index in [4.69, 9.17) is 15.0 Å². The van der Waals surface area contributed by atoms with E-state index in [-0.39, 0.29) is 11.8 Å². The minimum Gasteiger partial charge on any atom is -0.316 e. The van der Waals surface area contributed by atoms with E-state index in [9.17, 15) is 8.78 Å². The van der Waals surface area contributed by atoms with Gasteiger partial charge in [0, 0.05) is 79.3 Å². The van der Waals surface area contributed by atoms with Gasteiger partial charge >= 0.3 is 0 Å². The molecule has 2 aliphatic rings. The normalized spacial score (nSPS) is 15.9. The van der Waals surface area contributed by atoms with E-state index in [0.717, 1.165) is 35.7 Å². The molecular weight excluding hydrogens is 745 g/mol. The summed E-state index contributed by atoms with van der Waals surface area (Å²) in [5, 5.41) is 2.49. The van der Waals surface area contributed by atoms with Gasteiger partial charge in [-0.3, -0.25) is 0 Å². The third-order valence-electron chi connectivity index (χ3n) is 12.1. The summed E-state index contributed by atoms with van der Waals surface area (Å²) >= 11 is 0. The zero-order chi connectivity index (χ0) is 40.5. The first-order valence-electron chi connectivity index (χ1n) is 20.5. The van der Waals surface area contributed by atoms with E-state index < -0.39 is 11.6 Å². The molecule has 9 aromatic rings. The Morgan fingerprint density at radius 2 is 1.08 bits per heavy atom. The van der Waals surface area contributed by atoms with Crippen molar-refractivity contribution in [1.29, 1.82) is 0 Å². The quantitative estimate of drug-likeness (QED) is 0.169. The molecule has 3 heterocycles. The summed E-state index contributed by atoms with van der Waals surface area (Å²) in [6.07, 6.45) is 8.73. The highest BCUT2D eigenvalue weighted by molar-refractivity contribution is 6.11. The lowest BCUT2D eigenvalue weighted by Crippen LogP contribution is -2.14. The van der Waals surface area contributed by atoms with Crippen molar-refractivity contribution in [1.82, 2.24) is 24.1 Å². The summed E-state index contributed by atoms with van der Waals surface area (Å²) in [7, 11) is 0. The Labute approximate surface area is 346 Å². The average Bonchev–Trinajstić information content (AvgIpc) is 3.81. The second-order valence-electron chi connectivity index (χ2n) is 16.0. The molecule has 3 aromatic heterocycles. The number of allylic oxidation sites excluding steroid dienone is 2. The summed E-state index contributed by atoms with van der Waals surface area (Å²) in [4.78, 5) is 15.1. The molecule has 7 heteroatoms. The lowest BCUT2D eigenvalue weighted by atomic mass is 9.87. The fourth-order valence-electron chi connectivity index (χ4n) is 9.50. The Morgan fingerprint density at radius 1 is 0.517 bits per heavy atom. The van der Waals surface area contributed by atoms with Crippen LogP contribution in [0.3, 0.4) is 0 Å². The highest BCUT2D eigenvalue weighted by Gasteiger charge is 2.33. The predicted octanol–water partition coefficient (Wildman–Crippen LogP) is 13.7. The Bertz CT molecular complexity index is 3080. The summed E-state index contributed by atoms with van der Waals surface area (Å²) in [5.74, 6) is 0.504. The zero-order valence-electron chi connectivity index (χ0n) is 33.1. The largest absolute Gasteiger partial charge is 0.316 e. The van der Waals surface area contributed by atoms with Gasteiger partial charge in [0.25, 0.3) is 0 Å². The van der Waals surface area contributed by atoms with Gasteiger partial charge in [0.1, 0.15) is 11.6 Å². The molecule has 0 aliphatic heterocycles. The maximum absolute atomic E-state index is 15.0. The standard InChI is InChI=1S/C53H39F2N5/c1-32-14-13-21-44-45-31-40(59-47-22-11-9-19-42(47)43-20-10-12-23-48(43)59)26-33(2)50(45)60(49(32)44)39-24-25-41(36-27-37(54)29-38(55)28-36)46(30-39)53-57-51(34-15-5-3-6-16-34)56-52(58-53)35-17-7-4-8-18-35/h3-13,15-25,27-33H,14,26H2,1-2H3. The fraction of sp³-hybridized carbons (Fsp3) is 0.113. The molecule has 0 fully saturated rings. The number of rotatable bonds is 6. The molecule has 2 unspecified atom stereocenters. The van der Waals surface area contributed by atoms with Gasteiger partial charge in [0.05, 0.1) is 11.0 Å². The second kappa shape index (κ2) is 14.2. The third-order valence-corrected chi connectivity index (χ3v) is 12.1. The molecule has 5 nitrogen and oxygen atoms in total. The maximum Gasteiger partial charge on any atom is 0.164 e. The lowest BCUT2D eigenvalue weighted by molar-refractivity contribution is 0.584.